The number of benzene rings is 1. The van der Waals surface area contributed by atoms with Gasteiger partial charge in [0.25, 0.3) is 5.91 Å². The molecule has 9 nitrogen and oxygen atoms in total. The number of hydrogen-bond donors (Lipinski definition) is 3. The molecule has 0 radical (unpaired) electrons. The summed E-state index contributed by atoms with van der Waals surface area (Å²) in [7, 11) is 0. The van der Waals surface area contributed by atoms with E-state index >= 15 is 0 Å². The maximum atomic E-state index is 13.6. The molecular formula is C27H33F3N6O3. The quantitative estimate of drug-likeness (QED) is 0.417. The van der Waals surface area contributed by atoms with Crippen LogP contribution in [-0.4, -0.2) is 57.3 Å². The molecule has 2 aromatic rings. The van der Waals surface area contributed by atoms with E-state index in [1.54, 1.807) is 48.1 Å². The number of carbonyl (C=O) groups is 3. The summed E-state index contributed by atoms with van der Waals surface area (Å²) in [5, 5.41) is 12.1. The minimum absolute atomic E-state index is 0.0569. The van der Waals surface area contributed by atoms with E-state index in [1.165, 1.54) is 0 Å². The topological polar surface area (TPSA) is 108 Å². The largest absolute Gasteiger partial charge is 0.410 e. The van der Waals surface area contributed by atoms with E-state index in [0.717, 1.165) is 30.6 Å². The Morgan fingerprint density at radius 2 is 1.74 bits per heavy atom. The second-order valence-electron chi connectivity index (χ2n) is 10.7. The molecule has 3 atom stereocenters. The minimum atomic E-state index is -4.51. The summed E-state index contributed by atoms with van der Waals surface area (Å²) in [6, 6.07) is 4.35. The van der Waals surface area contributed by atoms with E-state index < -0.39 is 36.9 Å². The number of urea groups is 1. The summed E-state index contributed by atoms with van der Waals surface area (Å²) in [6.07, 6.45) is 1.21. The molecule has 210 valence electrons. The Morgan fingerprint density at radius 3 is 2.28 bits per heavy atom. The minimum Gasteiger partial charge on any atom is -0.339 e. The highest BCUT2D eigenvalue weighted by molar-refractivity contribution is 6.00. The first-order valence-corrected chi connectivity index (χ1v) is 13.4. The lowest BCUT2D eigenvalue weighted by Gasteiger charge is -2.28. The second kappa shape index (κ2) is 10.5. The Morgan fingerprint density at radius 1 is 1.10 bits per heavy atom. The van der Waals surface area contributed by atoms with Crippen LogP contribution in [0, 0.1) is 17.8 Å². The van der Waals surface area contributed by atoms with Crippen molar-refractivity contribution in [3.8, 4) is 0 Å². The van der Waals surface area contributed by atoms with Crippen LogP contribution >= 0.6 is 0 Å². The SMILES string of the molecule is CCn1nccc1C(=O)NC(C(=O)Nc1ccc(C(C)N2C[C@@H](C(F)(F)F)NC2=O)cc1)C(C1CC1)C1CC1. The zero-order valence-electron chi connectivity index (χ0n) is 21.9. The van der Waals surface area contributed by atoms with E-state index in [1.807, 2.05) is 12.2 Å². The molecule has 0 bridgehead atoms. The zero-order valence-corrected chi connectivity index (χ0v) is 21.9. The number of carbonyl (C=O) groups excluding carboxylic acids is 3. The summed E-state index contributed by atoms with van der Waals surface area (Å²) in [5.74, 6) is 0.218. The monoisotopic (exact) mass is 546 g/mol. The van der Waals surface area contributed by atoms with Crippen LogP contribution in [0.4, 0.5) is 23.7 Å². The zero-order chi connectivity index (χ0) is 27.9. The Labute approximate surface area is 224 Å². The highest BCUT2D eigenvalue weighted by atomic mass is 19.4. The number of aromatic nitrogens is 2. The fourth-order valence-electron chi connectivity index (χ4n) is 5.54. The fourth-order valence-corrected chi connectivity index (χ4v) is 5.54. The summed E-state index contributed by atoms with van der Waals surface area (Å²) >= 11 is 0. The number of nitrogens with one attached hydrogen (secondary N) is 3. The highest BCUT2D eigenvalue weighted by Crippen LogP contribution is 2.51. The molecule has 2 unspecified atom stereocenters. The van der Waals surface area contributed by atoms with Crippen molar-refractivity contribution in [3.05, 3.63) is 47.8 Å². The van der Waals surface area contributed by atoms with Gasteiger partial charge in [0.2, 0.25) is 5.91 Å². The van der Waals surface area contributed by atoms with Gasteiger partial charge in [-0.05, 0) is 81.0 Å². The number of alkyl halides is 3. The van der Waals surface area contributed by atoms with Crippen molar-refractivity contribution >= 4 is 23.5 Å². The van der Waals surface area contributed by atoms with E-state index in [2.05, 4.69) is 15.7 Å². The van der Waals surface area contributed by atoms with Crippen molar-refractivity contribution in [2.24, 2.45) is 17.8 Å². The Hall–Kier alpha value is -3.57. The predicted molar refractivity (Wildman–Crippen MR) is 137 cm³/mol. The number of rotatable bonds is 10. The number of halogens is 3. The van der Waals surface area contributed by atoms with Crippen LogP contribution < -0.4 is 16.0 Å². The van der Waals surface area contributed by atoms with Crippen LogP contribution in [-0.2, 0) is 11.3 Å². The third-order valence-corrected chi connectivity index (χ3v) is 8.00. The van der Waals surface area contributed by atoms with Gasteiger partial charge in [-0.15, -0.1) is 0 Å². The molecule has 12 heteroatoms. The average molecular weight is 547 g/mol. The van der Waals surface area contributed by atoms with Crippen LogP contribution in [0.15, 0.2) is 36.5 Å². The van der Waals surface area contributed by atoms with E-state index in [0.29, 0.717) is 35.3 Å². The normalized spacial score (nSPS) is 21.0. The van der Waals surface area contributed by atoms with Gasteiger partial charge in [0.1, 0.15) is 17.8 Å². The smallest absolute Gasteiger partial charge is 0.339 e. The average Bonchev–Trinajstić information content (AvgIpc) is 3.83. The van der Waals surface area contributed by atoms with Crippen molar-refractivity contribution < 1.29 is 27.6 Å². The van der Waals surface area contributed by atoms with E-state index in [-0.39, 0.29) is 17.7 Å². The molecule has 3 aliphatic rings. The van der Waals surface area contributed by atoms with E-state index in [9.17, 15) is 27.6 Å². The molecule has 1 aromatic heterocycles. The molecule has 1 aliphatic heterocycles. The number of anilines is 1. The van der Waals surface area contributed by atoms with Crippen molar-refractivity contribution in [1.82, 2.24) is 25.3 Å². The van der Waals surface area contributed by atoms with Gasteiger partial charge in [-0.3, -0.25) is 14.3 Å². The number of aryl methyl sites for hydroxylation is 1. The van der Waals surface area contributed by atoms with Gasteiger partial charge in [-0.25, -0.2) is 4.79 Å². The highest BCUT2D eigenvalue weighted by Gasteiger charge is 2.49. The van der Waals surface area contributed by atoms with Gasteiger partial charge in [-0.2, -0.15) is 18.3 Å². The summed E-state index contributed by atoms with van der Waals surface area (Å²) in [4.78, 5) is 40.0. The standard InChI is InChI=1S/C27H33F3N6O3/c1-3-36-20(12-13-31-36)24(37)34-23(22(17-4-5-17)18-6-7-18)25(38)32-19-10-8-16(9-11-19)15(2)35-14-21(27(28,29)30)33-26(35)39/h8-13,15,17-18,21-23H,3-7,14H2,1-2H3,(H,32,38)(H,33,39)(H,34,37)/t15?,21-,23?/m0/s1. The molecule has 3 fully saturated rings. The molecule has 39 heavy (non-hydrogen) atoms. The summed E-state index contributed by atoms with van der Waals surface area (Å²) in [6.45, 7) is 3.61. The van der Waals surface area contributed by atoms with Crippen LogP contribution in [0.2, 0.25) is 0 Å². The lowest BCUT2D eigenvalue weighted by molar-refractivity contribution is -0.150. The molecule has 1 aromatic carbocycles. The third kappa shape index (κ3) is 5.89. The maximum Gasteiger partial charge on any atom is 0.410 e. The van der Waals surface area contributed by atoms with Crippen molar-refractivity contribution in [2.45, 2.75) is 70.4 Å². The van der Waals surface area contributed by atoms with Crippen LogP contribution in [0.3, 0.4) is 0 Å². The Balaban J connectivity index is 1.28. The van der Waals surface area contributed by atoms with Crippen LogP contribution in [0.25, 0.3) is 0 Å². The molecule has 2 saturated carbocycles. The Kier molecular flexibility index (Phi) is 7.30. The first-order chi connectivity index (χ1) is 18.6. The van der Waals surface area contributed by atoms with E-state index in [4.69, 9.17) is 0 Å². The van der Waals surface area contributed by atoms with Gasteiger partial charge in [0, 0.05) is 18.4 Å². The summed E-state index contributed by atoms with van der Waals surface area (Å²) in [5.41, 5.74) is 1.54. The van der Waals surface area contributed by atoms with Crippen molar-refractivity contribution in [2.75, 3.05) is 11.9 Å². The van der Waals surface area contributed by atoms with Gasteiger partial charge in [0.15, 0.2) is 0 Å². The van der Waals surface area contributed by atoms with Gasteiger partial charge >= 0.3 is 12.2 Å². The molecule has 1 saturated heterocycles. The van der Waals surface area contributed by atoms with Gasteiger partial charge in [-0.1, -0.05) is 12.1 Å². The molecule has 3 N–H and O–H groups in total. The first-order valence-electron chi connectivity index (χ1n) is 13.4. The van der Waals surface area contributed by atoms with Crippen molar-refractivity contribution in [1.29, 1.82) is 0 Å². The second-order valence-corrected chi connectivity index (χ2v) is 10.7. The third-order valence-electron chi connectivity index (χ3n) is 8.00. The van der Waals surface area contributed by atoms with Gasteiger partial charge < -0.3 is 20.9 Å². The lowest BCUT2D eigenvalue weighted by atomic mass is 9.88. The summed E-state index contributed by atoms with van der Waals surface area (Å²) < 4.78 is 40.8. The predicted octanol–water partition coefficient (Wildman–Crippen LogP) is 4.09. The lowest BCUT2D eigenvalue weighted by Crippen LogP contribution is -2.50. The van der Waals surface area contributed by atoms with Gasteiger partial charge in [0.05, 0.1) is 12.6 Å². The molecule has 2 heterocycles. The molecular weight excluding hydrogens is 513 g/mol. The fraction of sp³-hybridized carbons (Fsp3) is 0.556. The van der Waals surface area contributed by atoms with Crippen LogP contribution in [0.1, 0.15) is 61.6 Å². The molecule has 5 rings (SSSR count). The number of hydrogen-bond acceptors (Lipinski definition) is 4. The molecule has 2 aliphatic carbocycles. The number of nitrogens with zero attached hydrogens (tertiary/aromatic N) is 3. The number of amides is 4. The molecule has 4 amide bonds. The maximum absolute atomic E-state index is 13.6. The first kappa shape index (κ1) is 27.0. The Bertz CT molecular complexity index is 1210. The van der Waals surface area contributed by atoms with Crippen LogP contribution in [0.5, 0.6) is 0 Å². The van der Waals surface area contributed by atoms with Crippen molar-refractivity contribution in [3.63, 3.8) is 0 Å². The molecule has 0 spiro atoms.